The molecule has 0 spiro atoms. The Morgan fingerprint density at radius 3 is 2.89 bits per heavy atom. The normalized spacial score (nSPS) is 10.6. The summed E-state index contributed by atoms with van der Waals surface area (Å²) in [6.45, 7) is 2.53. The predicted octanol–water partition coefficient (Wildman–Crippen LogP) is 3.64. The molecule has 0 saturated heterocycles. The molecule has 3 N–H and O–H groups in total. The van der Waals surface area contributed by atoms with Crippen LogP contribution in [0.5, 0.6) is 11.5 Å². The van der Waals surface area contributed by atoms with Gasteiger partial charge in [0.15, 0.2) is 0 Å². The van der Waals surface area contributed by atoms with Gasteiger partial charge in [0.1, 0.15) is 30.3 Å². The van der Waals surface area contributed by atoms with Crippen LogP contribution in [0.25, 0.3) is 10.9 Å². The number of nitrogens with zero attached hydrogens (tertiary/aromatic N) is 2. The Bertz CT molecular complexity index is 960. The summed E-state index contributed by atoms with van der Waals surface area (Å²) in [5.41, 5.74) is 1.38. The minimum atomic E-state index is -0.0218. The largest absolute Gasteiger partial charge is 0.506 e. The first-order chi connectivity index (χ1) is 13.1. The molecule has 3 rings (SSSR count). The average Bonchev–Trinajstić information content (AvgIpc) is 2.68. The second kappa shape index (κ2) is 8.55. The van der Waals surface area contributed by atoms with Crippen LogP contribution in [-0.4, -0.2) is 34.1 Å². The predicted molar refractivity (Wildman–Crippen MR) is 105 cm³/mol. The molecule has 0 atom stereocenters. The number of hydrogen-bond donors (Lipinski definition) is 3. The average molecular weight is 387 g/mol. The lowest BCUT2D eigenvalue weighted by atomic mass is 10.2. The first kappa shape index (κ1) is 18.7. The zero-order chi connectivity index (χ0) is 19.2. The Balaban J connectivity index is 1.84. The van der Waals surface area contributed by atoms with E-state index < -0.39 is 0 Å². The Kier molecular flexibility index (Phi) is 5.93. The van der Waals surface area contributed by atoms with Gasteiger partial charge in [-0.05, 0) is 30.3 Å². The lowest BCUT2D eigenvalue weighted by Crippen LogP contribution is -2.27. The lowest BCUT2D eigenvalue weighted by molar-refractivity contribution is -0.120. The fourth-order valence-electron chi connectivity index (χ4n) is 2.49. The summed E-state index contributed by atoms with van der Waals surface area (Å²) in [5.74, 6) is 1.14. The number of phenolic OH excluding ortho intramolecular Hbond substituents is 1. The molecule has 0 bridgehead atoms. The van der Waals surface area contributed by atoms with E-state index in [0.717, 1.165) is 0 Å². The van der Waals surface area contributed by atoms with Crippen molar-refractivity contribution in [3.63, 3.8) is 0 Å². The number of nitrogens with one attached hydrogen (secondary N) is 2. The van der Waals surface area contributed by atoms with E-state index in [2.05, 4.69) is 20.6 Å². The highest BCUT2D eigenvalue weighted by molar-refractivity contribution is 6.32. The molecule has 3 aromatic rings. The molecule has 0 saturated carbocycles. The van der Waals surface area contributed by atoms with Gasteiger partial charge >= 0.3 is 0 Å². The number of benzene rings is 2. The third kappa shape index (κ3) is 4.57. The number of hydrogen-bond acceptors (Lipinski definition) is 6. The Morgan fingerprint density at radius 2 is 2.11 bits per heavy atom. The van der Waals surface area contributed by atoms with Crippen molar-refractivity contribution in [3.8, 4) is 11.5 Å². The van der Waals surface area contributed by atoms with Crippen molar-refractivity contribution in [3.05, 3.63) is 47.7 Å². The molecule has 140 valence electrons. The van der Waals surface area contributed by atoms with Gasteiger partial charge < -0.3 is 20.5 Å². The number of aromatic hydroxyl groups is 1. The Hall–Kier alpha value is -3.06. The molecule has 7 nitrogen and oxygen atoms in total. The van der Waals surface area contributed by atoms with Gasteiger partial charge in [0.2, 0.25) is 5.91 Å². The van der Waals surface area contributed by atoms with Crippen molar-refractivity contribution in [2.45, 2.75) is 13.3 Å². The third-order valence-corrected chi connectivity index (χ3v) is 4.14. The maximum atomic E-state index is 11.3. The van der Waals surface area contributed by atoms with Crippen LogP contribution < -0.4 is 15.4 Å². The first-order valence-corrected chi connectivity index (χ1v) is 8.85. The molecule has 0 fully saturated rings. The highest BCUT2D eigenvalue weighted by Crippen LogP contribution is 2.33. The van der Waals surface area contributed by atoms with Crippen LogP contribution in [0.1, 0.15) is 13.3 Å². The van der Waals surface area contributed by atoms with Crippen LogP contribution in [0.4, 0.5) is 11.5 Å². The molecule has 0 aliphatic carbocycles. The van der Waals surface area contributed by atoms with E-state index in [1.54, 1.807) is 19.1 Å². The molecule has 8 heteroatoms. The van der Waals surface area contributed by atoms with Crippen molar-refractivity contribution < 1.29 is 14.6 Å². The molecule has 0 radical (unpaired) electrons. The Morgan fingerprint density at radius 1 is 1.26 bits per heavy atom. The van der Waals surface area contributed by atoms with Crippen LogP contribution in [0.2, 0.25) is 5.02 Å². The lowest BCUT2D eigenvalue weighted by Gasteiger charge is -2.13. The van der Waals surface area contributed by atoms with Gasteiger partial charge in [-0.2, -0.15) is 0 Å². The van der Waals surface area contributed by atoms with Crippen LogP contribution in [0, 0.1) is 0 Å². The van der Waals surface area contributed by atoms with E-state index >= 15 is 0 Å². The molecular formula is C19H19ClN4O3. The molecule has 0 aliphatic rings. The number of phenols is 1. The smallest absolute Gasteiger partial charge is 0.219 e. The summed E-state index contributed by atoms with van der Waals surface area (Å²) in [5, 5.41) is 16.5. The number of ether oxygens (including phenoxy) is 1. The van der Waals surface area contributed by atoms with E-state index in [9.17, 15) is 9.90 Å². The summed E-state index contributed by atoms with van der Waals surface area (Å²) in [6.07, 6.45) is 1.89. The van der Waals surface area contributed by atoms with Crippen molar-refractivity contribution in [2.75, 3.05) is 18.5 Å². The monoisotopic (exact) mass is 386 g/mol. The number of halogens is 1. The SMILES string of the molecule is CCC(=O)NCCOc1cccc2ncnc(Nc3ccc(O)c(Cl)c3)c12. The van der Waals surface area contributed by atoms with Crippen LogP contribution >= 0.6 is 11.6 Å². The summed E-state index contributed by atoms with van der Waals surface area (Å²) >= 11 is 5.97. The van der Waals surface area contributed by atoms with Gasteiger partial charge in [-0.15, -0.1) is 0 Å². The van der Waals surface area contributed by atoms with Gasteiger partial charge in [-0.1, -0.05) is 24.6 Å². The summed E-state index contributed by atoms with van der Waals surface area (Å²) in [4.78, 5) is 19.9. The maximum Gasteiger partial charge on any atom is 0.219 e. The molecule has 0 unspecified atom stereocenters. The summed E-state index contributed by atoms with van der Waals surface area (Å²) in [7, 11) is 0. The second-order valence-corrected chi connectivity index (χ2v) is 6.12. The zero-order valence-electron chi connectivity index (χ0n) is 14.7. The highest BCUT2D eigenvalue weighted by atomic mass is 35.5. The summed E-state index contributed by atoms with van der Waals surface area (Å²) in [6, 6.07) is 10.3. The maximum absolute atomic E-state index is 11.3. The summed E-state index contributed by atoms with van der Waals surface area (Å²) < 4.78 is 5.83. The fourth-order valence-corrected chi connectivity index (χ4v) is 2.67. The van der Waals surface area contributed by atoms with Crippen molar-refractivity contribution in [2.24, 2.45) is 0 Å². The zero-order valence-corrected chi connectivity index (χ0v) is 15.5. The molecule has 1 aromatic heterocycles. The van der Waals surface area contributed by atoms with Gasteiger partial charge in [0.25, 0.3) is 0 Å². The van der Waals surface area contributed by atoms with Gasteiger partial charge in [-0.3, -0.25) is 4.79 Å². The fraction of sp³-hybridized carbons (Fsp3) is 0.211. The number of anilines is 2. The van der Waals surface area contributed by atoms with Crippen LogP contribution in [-0.2, 0) is 4.79 Å². The number of carbonyl (C=O) groups is 1. The molecule has 0 aliphatic heterocycles. The molecule has 1 amide bonds. The van der Waals surface area contributed by atoms with Crippen molar-refractivity contribution in [1.82, 2.24) is 15.3 Å². The van der Waals surface area contributed by atoms with Crippen molar-refractivity contribution >= 4 is 39.9 Å². The van der Waals surface area contributed by atoms with E-state index in [1.807, 2.05) is 18.2 Å². The van der Waals surface area contributed by atoms with Gasteiger partial charge in [0, 0.05) is 12.1 Å². The number of aromatic nitrogens is 2. The molecule has 2 aromatic carbocycles. The molecular weight excluding hydrogens is 368 g/mol. The first-order valence-electron chi connectivity index (χ1n) is 8.47. The number of rotatable bonds is 7. The standard InChI is InChI=1S/C19H19ClN4O3/c1-2-17(26)21-8-9-27-16-5-3-4-14-18(16)19(23-11-22-14)24-12-6-7-15(25)13(20)10-12/h3-7,10-11,25H,2,8-9H2,1H3,(H,21,26)(H,22,23,24). The third-order valence-electron chi connectivity index (χ3n) is 3.84. The highest BCUT2D eigenvalue weighted by Gasteiger charge is 2.11. The topological polar surface area (TPSA) is 96.4 Å². The number of carbonyl (C=O) groups excluding carboxylic acids is 1. The van der Waals surface area contributed by atoms with Crippen LogP contribution in [0.3, 0.4) is 0 Å². The van der Waals surface area contributed by atoms with Gasteiger partial charge in [0.05, 0.1) is 22.5 Å². The minimum Gasteiger partial charge on any atom is -0.506 e. The van der Waals surface area contributed by atoms with E-state index in [-0.39, 0.29) is 16.7 Å². The minimum absolute atomic E-state index is 0.00733. The van der Waals surface area contributed by atoms with E-state index in [0.29, 0.717) is 47.7 Å². The van der Waals surface area contributed by atoms with Gasteiger partial charge in [-0.25, -0.2) is 9.97 Å². The van der Waals surface area contributed by atoms with E-state index in [4.69, 9.17) is 16.3 Å². The second-order valence-electron chi connectivity index (χ2n) is 5.72. The number of fused-ring (bicyclic) bond motifs is 1. The van der Waals surface area contributed by atoms with Crippen molar-refractivity contribution in [1.29, 1.82) is 0 Å². The van der Waals surface area contributed by atoms with E-state index in [1.165, 1.54) is 12.4 Å². The Labute approximate surface area is 161 Å². The molecule has 1 heterocycles. The molecule has 27 heavy (non-hydrogen) atoms. The number of amides is 1. The van der Waals surface area contributed by atoms with Crippen LogP contribution in [0.15, 0.2) is 42.7 Å². The quantitative estimate of drug-likeness (QED) is 0.424.